The van der Waals surface area contributed by atoms with E-state index in [0.717, 1.165) is 22.5 Å². The van der Waals surface area contributed by atoms with Crippen LogP contribution in [0.15, 0.2) is 68.5 Å². The average Bonchev–Trinajstić information content (AvgIpc) is 2.78. The van der Waals surface area contributed by atoms with Gasteiger partial charge in [0, 0.05) is 11.4 Å². The number of carboxylic acids is 1. The van der Waals surface area contributed by atoms with Gasteiger partial charge in [-0.15, -0.1) is 24.8 Å². The Morgan fingerprint density at radius 1 is 0.725 bits per heavy atom. The smallest absolute Gasteiger partial charge is 0.307 e. The molecule has 0 amide bonds. The van der Waals surface area contributed by atoms with Crippen molar-refractivity contribution in [1.82, 2.24) is 0 Å². The van der Waals surface area contributed by atoms with Crippen LogP contribution in [0.4, 0.5) is 11.4 Å². The molecule has 0 bridgehead atoms. The fraction of sp³-hybridized carbons (Fsp3) is 0.346. The fourth-order valence-electron chi connectivity index (χ4n) is 4.88. The quantitative estimate of drug-likeness (QED) is 0.323. The van der Waals surface area contributed by atoms with E-state index in [4.69, 9.17) is 22.9 Å². The monoisotopic (exact) mass is 590 g/mol. The molecule has 0 atom stereocenters. The van der Waals surface area contributed by atoms with E-state index in [-0.39, 0.29) is 48.7 Å². The fourth-order valence-corrected chi connectivity index (χ4v) is 4.88. The molecule has 14 heteroatoms. The van der Waals surface area contributed by atoms with Crippen molar-refractivity contribution in [2.75, 3.05) is 9.80 Å². The molecule has 216 valence electrons. The summed E-state index contributed by atoms with van der Waals surface area (Å²) in [5.74, 6) is -0.720. The van der Waals surface area contributed by atoms with Gasteiger partial charge in [-0.3, -0.25) is 14.6 Å². The van der Waals surface area contributed by atoms with E-state index in [2.05, 4.69) is 20.0 Å². The second-order valence-corrected chi connectivity index (χ2v) is 10.3. The molecule has 2 aromatic rings. The molecule has 40 heavy (non-hydrogen) atoms. The van der Waals surface area contributed by atoms with Crippen LogP contribution in [0.5, 0.6) is 0 Å². The summed E-state index contributed by atoms with van der Waals surface area (Å²) in [7, 11) is 0. The van der Waals surface area contributed by atoms with Gasteiger partial charge in [-0.2, -0.15) is 9.98 Å². The van der Waals surface area contributed by atoms with E-state index < -0.39 is 23.2 Å². The molecule has 12 nitrogen and oxygen atoms in total. The summed E-state index contributed by atoms with van der Waals surface area (Å²) in [5.41, 5.74) is 25.7. The molecule has 0 aromatic heterocycles. The number of nitrogens with two attached hydrogens (primary N) is 4. The lowest BCUT2D eigenvalue weighted by Crippen LogP contribution is -2.54. The Morgan fingerprint density at radius 3 is 1.32 bits per heavy atom. The molecule has 0 fully saturated rings. The summed E-state index contributed by atoms with van der Waals surface area (Å²) < 4.78 is 0. The van der Waals surface area contributed by atoms with Gasteiger partial charge < -0.3 is 28.0 Å². The van der Waals surface area contributed by atoms with E-state index in [1.165, 1.54) is 0 Å². The van der Waals surface area contributed by atoms with Crippen molar-refractivity contribution in [1.29, 1.82) is 0 Å². The minimum absolute atomic E-state index is 0. The Bertz CT molecular complexity index is 1260. The molecule has 2 aliphatic heterocycles. The van der Waals surface area contributed by atoms with Crippen LogP contribution in [-0.2, 0) is 17.6 Å². The van der Waals surface area contributed by atoms with Crippen LogP contribution in [0.3, 0.4) is 0 Å². The van der Waals surface area contributed by atoms with Crippen LogP contribution >= 0.6 is 24.8 Å². The van der Waals surface area contributed by atoms with Gasteiger partial charge in [0.05, 0.1) is 5.92 Å². The second-order valence-electron chi connectivity index (χ2n) is 10.3. The second kappa shape index (κ2) is 12.0. The Labute approximate surface area is 245 Å². The van der Waals surface area contributed by atoms with Crippen molar-refractivity contribution >= 4 is 66.0 Å². The summed E-state index contributed by atoms with van der Waals surface area (Å²) in [5, 5.41) is 9.94. The maximum atomic E-state index is 12.1. The number of guanidine groups is 4. The molecule has 0 unspecified atom stereocenters. The lowest BCUT2D eigenvalue weighted by atomic mass is 9.92. The number of nitrogens with zero attached hydrogens (tertiary/aromatic N) is 6. The number of rotatable bonds is 7. The minimum atomic E-state index is -0.866. The van der Waals surface area contributed by atoms with Gasteiger partial charge in [-0.1, -0.05) is 24.3 Å². The van der Waals surface area contributed by atoms with Crippen molar-refractivity contribution in [3.05, 3.63) is 59.7 Å². The highest BCUT2D eigenvalue weighted by Crippen LogP contribution is 2.30. The predicted molar refractivity (Wildman–Crippen MR) is 166 cm³/mol. The molecule has 9 N–H and O–H groups in total. The first kappa shape index (κ1) is 32.2. The first-order valence-electron chi connectivity index (χ1n) is 12.2. The third-order valence-corrected chi connectivity index (χ3v) is 6.49. The number of hydrogen-bond acceptors (Lipinski definition) is 11. The standard InChI is InChI=1S/C26H34N10O2.2ClH/c1-25(2)33-21(27)31-23(29)35(25)18-9-5-15(6-10-18)13-17(20(37)38)14-16-7-11-19(12-8-16)36-24(30)32-22(28)34-26(36,3)4;;/h5-12,17H,13-14H2,1-4H3,(H,37,38)(H4,27,29,31,33)(H4,28,30,32,34);2*1H. The van der Waals surface area contributed by atoms with Gasteiger partial charge in [0.2, 0.25) is 23.8 Å². The molecule has 2 aliphatic rings. The summed E-state index contributed by atoms with van der Waals surface area (Å²) in [4.78, 5) is 32.5. The summed E-state index contributed by atoms with van der Waals surface area (Å²) >= 11 is 0. The van der Waals surface area contributed by atoms with Gasteiger partial charge in [0.25, 0.3) is 0 Å². The Hall–Kier alpha value is -4.03. The number of aliphatic imine (C=N–C) groups is 4. The van der Waals surface area contributed by atoms with Crippen molar-refractivity contribution in [3.63, 3.8) is 0 Å². The molecule has 2 heterocycles. The molecule has 0 saturated carbocycles. The maximum Gasteiger partial charge on any atom is 0.307 e. The molecule has 0 radical (unpaired) electrons. The molecular weight excluding hydrogens is 555 g/mol. The number of hydrogen-bond donors (Lipinski definition) is 5. The summed E-state index contributed by atoms with van der Waals surface area (Å²) in [6, 6.07) is 15.1. The maximum absolute atomic E-state index is 12.1. The molecule has 4 rings (SSSR count). The number of benzene rings is 2. The third kappa shape index (κ3) is 6.75. The SMILES string of the molecule is CC1(C)N=C(N)N=C(N)N1c1ccc(CC(Cc2ccc(N3C(N)=NC(N)=NC3(C)C)cc2)C(=O)O)cc1.Cl.Cl. The third-order valence-electron chi connectivity index (χ3n) is 6.49. The summed E-state index contributed by atoms with van der Waals surface area (Å²) in [6.45, 7) is 7.54. The first-order chi connectivity index (χ1) is 17.8. The highest BCUT2D eigenvalue weighted by molar-refractivity contribution is 6.06. The average molecular weight is 592 g/mol. The van der Waals surface area contributed by atoms with Gasteiger partial charge in [-0.05, 0) is 75.9 Å². The highest BCUT2D eigenvalue weighted by atomic mass is 35.5. The van der Waals surface area contributed by atoms with Crippen LogP contribution in [0.25, 0.3) is 0 Å². The van der Waals surface area contributed by atoms with Gasteiger partial charge >= 0.3 is 5.97 Å². The molecule has 0 saturated heterocycles. The molecule has 2 aromatic carbocycles. The molecule has 0 aliphatic carbocycles. The first-order valence-corrected chi connectivity index (χ1v) is 12.2. The van der Waals surface area contributed by atoms with E-state index in [0.29, 0.717) is 12.8 Å². The normalized spacial score (nSPS) is 17.5. The van der Waals surface area contributed by atoms with Crippen LogP contribution in [0.1, 0.15) is 38.8 Å². The zero-order valence-electron chi connectivity index (χ0n) is 22.8. The van der Waals surface area contributed by atoms with Crippen molar-refractivity contribution in [2.45, 2.75) is 51.9 Å². The number of carbonyl (C=O) groups is 1. The number of aliphatic carboxylic acids is 1. The zero-order chi connectivity index (χ0) is 27.8. The largest absolute Gasteiger partial charge is 0.481 e. The van der Waals surface area contributed by atoms with Crippen LogP contribution in [-0.4, -0.2) is 46.2 Å². The van der Waals surface area contributed by atoms with Crippen molar-refractivity contribution < 1.29 is 9.90 Å². The Morgan fingerprint density at radius 2 is 1.05 bits per heavy atom. The number of carboxylic acid groups (broad SMARTS) is 1. The van der Waals surface area contributed by atoms with Crippen LogP contribution in [0, 0.1) is 5.92 Å². The minimum Gasteiger partial charge on any atom is -0.481 e. The number of halogens is 2. The van der Waals surface area contributed by atoms with E-state index in [9.17, 15) is 9.90 Å². The Kier molecular flexibility index (Phi) is 9.66. The highest BCUT2D eigenvalue weighted by Gasteiger charge is 2.34. The van der Waals surface area contributed by atoms with Crippen molar-refractivity contribution in [2.24, 2.45) is 48.8 Å². The van der Waals surface area contributed by atoms with E-state index >= 15 is 0 Å². The summed E-state index contributed by atoms with van der Waals surface area (Å²) in [6.07, 6.45) is 0.727. The topological polar surface area (TPSA) is 197 Å². The van der Waals surface area contributed by atoms with Crippen LogP contribution < -0.4 is 32.7 Å². The van der Waals surface area contributed by atoms with Gasteiger partial charge in [0.1, 0.15) is 11.3 Å². The lowest BCUT2D eigenvalue weighted by molar-refractivity contribution is -0.141. The lowest BCUT2D eigenvalue weighted by Gasteiger charge is -2.38. The number of anilines is 2. The molecular formula is C26H36Cl2N10O2. The van der Waals surface area contributed by atoms with E-state index in [1.54, 1.807) is 9.80 Å². The van der Waals surface area contributed by atoms with Gasteiger partial charge in [0.15, 0.2) is 0 Å². The predicted octanol–water partition coefficient (Wildman–Crippen LogP) is 2.39. The van der Waals surface area contributed by atoms with E-state index in [1.807, 2.05) is 76.2 Å². The van der Waals surface area contributed by atoms with Crippen LogP contribution in [0.2, 0.25) is 0 Å². The molecule has 0 spiro atoms. The van der Waals surface area contributed by atoms with Crippen molar-refractivity contribution in [3.8, 4) is 0 Å². The Balaban J connectivity index is 0.00000280. The van der Waals surface area contributed by atoms with Gasteiger partial charge in [-0.25, -0.2) is 9.98 Å². The zero-order valence-corrected chi connectivity index (χ0v) is 24.4.